The van der Waals surface area contributed by atoms with Crippen LogP contribution >= 0.6 is 15.9 Å². The van der Waals surface area contributed by atoms with Crippen LogP contribution in [0.25, 0.3) is 0 Å². The number of nitrogens with one attached hydrogen (secondary N) is 1. The summed E-state index contributed by atoms with van der Waals surface area (Å²) in [5.41, 5.74) is 3.56. The molecule has 10 heteroatoms. The minimum atomic E-state index is -0.794. The van der Waals surface area contributed by atoms with Gasteiger partial charge in [0.1, 0.15) is 18.1 Å². The van der Waals surface area contributed by atoms with E-state index in [-0.39, 0.29) is 17.9 Å². The third-order valence-electron chi connectivity index (χ3n) is 4.29. The summed E-state index contributed by atoms with van der Waals surface area (Å²) >= 11 is 3.41. The zero-order valence-corrected chi connectivity index (χ0v) is 17.9. The van der Waals surface area contributed by atoms with Crippen molar-refractivity contribution in [2.24, 2.45) is 5.10 Å². The van der Waals surface area contributed by atoms with E-state index in [0.29, 0.717) is 21.3 Å². The summed E-state index contributed by atoms with van der Waals surface area (Å²) in [7, 11) is 0. The van der Waals surface area contributed by atoms with Crippen LogP contribution in [0.2, 0.25) is 0 Å². The molecular weight excluding hydrogens is 480 g/mol. The second kappa shape index (κ2) is 10.2. The van der Waals surface area contributed by atoms with Crippen LogP contribution in [0, 0.1) is 21.4 Å². The molecule has 0 saturated carbocycles. The zero-order valence-electron chi connectivity index (χ0n) is 16.4. The van der Waals surface area contributed by atoms with Crippen LogP contribution in [0.15, 0.2) is 70.2 Å². The fourth-order valence-electron chi connectivity index (χ4n) is 2.67. The van der Waals surface area contributed by atoms with E-state index in [0.717, 1.165) is 23.8 Å². The van der Waals surface area contributed by atoms with Gasteiger partial charge in [0, 0.05) is 17.7 Å². The fourth-order valence-corrected chi connectivity index (χ4v) is 3.18. The molecule has 3 aromatic carbocycles. The fraction of sp³-hybridized carbons (Fsp3) is 0.0455. The summed E-state index contributed by atoms with van der Waals surface area (Å²) in [5.74, 6) is -0.636. The monoisotopic (exact) mass is 494 g/mol. The van der Waals surface area contributed by atoms with E-state index in [1.54, 1.807) is 30.3 Å². The summed E-state index contributed by atoms with van der Waals surface area (Å²) in [4.78, 5) is 22.3. The van der Waals surface area contributed by atoms with E-state index in [1.807, 2.05) is 12.1 Å². The Hall–Kier alpha value is -4.23. The summed E-state index contributed by atoms with van der Waals surface area (Å²) in [6.07, 6.45) is 1.37. The number of hydrogen-bond acceptors (Lipinski definition) is 7. The largest absolute Gasteiger partial charge is 0.507 e. The number of nitriles is 1. The van der Waals surface area contributed by atoms with Crippen LogP contribution in [0.5, 0.6) is 11.5 Å². The predicted molar refractivity (Wildman–Crippen MR) is 119 cm³/mol. The number of phenolic OH excluding ortho intramolecular Hbond substituents is 1. The third kappa shape index (κ3) is 5.47. The highest BCUT2D eigenvalue weighted by molar-refractivity contribution is 9.10. The lowest BCUT2D eigenvalue weighted by molar-refractivity contribution is -0.384. The first-order valence-electron chi connectivity index (χ1n) is 9.10. The number of amides is 1. The van der Waals surface area contributed by atoms with Gasteiger partial charge >= 0.3 is 0 Å². The Morgan fingerprint density at radius 2 is 2.03 bits per heavy atom. The number of non-ortho nitro benzene ring substituents is 1. The van der Waals surface area contributed by atoms with Gasteiger partial charge in [0.25, 0.3) is 11.6 Å². The number of benzene rings is 3. The number of ether oxygens (including phenoxy) is 1. The summed E-state index contributed by atoms with van der Waals surface area (Å²) in [5, 5.41) is 33.6. The van der Waals surface area contributed by atoms with Crippen molar-refractivity contribution in [2.45, 2.75) is 6.61 Å². The maximum atomic E-state index is 12.2. The number of phenols is 1. The molecule has 0 aliphatic rings. The number of aromatic hydroxyl groups is 1. The molecule has 0 radical (unpaired) electrons. The van der Waals surface area contributed by atoms with Crippen LogP contribution < -0.4 is 10.2 Å². The lowest BCUT2D eigenvalue weighted by atomic mass is 10.1. The predicted octanol–water partition coefficient (Wildman–Crippen LogP) is 4.28. The zero-order chi connectivity index (χ0) is 23.1. The first-order chi connectivity index (χ1) is 15.4. The Balaban J connectivity index is 1.64. The molecule has 0 aromatic heterocycles. The lowest BCUT2D eigenvalue weighted by Gasteiger charge is -2.10. The first-order valence-corrected chi connectivity index (χ1v) is 9.89. The maximum absolute atomic E-state index is 12.2. The molecule has 0 heterocycles. The van der Waals surface area contributed by atoms with Crippen molar-refractivity contribution in [3.8, 4) is 17.6 Å². The maximum Gasteiger partial charge on any atom is 0.275 e. The molecule has 160 valence electrons. The Morgan fingerprint density at radius 1 is 1.25 bits per heavy atom. The number of nitro benzene ring substituents is 1. The number of hydrazone groups is 1. The SMILES string of the molecule is N#Cc1ccccc1COc1ccc(/C=N\NC(=O)c2cc([N+](=O)[O-])ccc2O)cc1Br. The Kier molecular flexibility index (Phi) is 7.15. The van der Waals surface area contributed by atoms with E-state index in [1.165, 1.54) is 6.21 Å². The number of nitrogens with zero attached hydrogens (tertiary/aromatic N) is 3. The standard InChI is InChI=1S/C22H15BrN4O5/c23-19-9-14(5-8-21(19)32-13-16-4-2-1-3-15(16)11-24)12-25-26-22(29)18-10-17(27(30)31)6-7-20(18)28/h1-10,12,28H,13H2,(H,26,29)/b25-12-. The molecule has 32 heavy (non-hydrogen) atoms. The third-order valence-corrected chi connectivity index (χ3v) is 4.91. The molecular formula is C22H15BrN4O5. The number of carbonyl (C=O) groups excluding carboxylic acids is 1. The lowest BCUT2D eigenvalue weighted by Crippen LogP contribution is -2.18. The first kappa shape index (κ1) is 22.5. The van der Waals surface area contributed by atoms with Crippen molar-refractivity contribution < 1.29 is 19.6 Å². The van der Waals surface area contributed by atoms with Gasteiger partial charge in [-0.15, -0.1) is 0 Å². The smallest absolute Gasteiger partial charge is 0.275 e. The number of rotatable bonds is 7. The van der Waals surface area contributed by atoms with E-state index >= 15 is 0 Å². The van der Waals surface area contributed by atoms with Crippen molar-refractivity contribution in [2.75, 3.05) is 0 Å². The van der Waals surface area contributed by atoms with Crippen molar-refractivity contribution in [3.63, 3.8) is 0 Å². The van der Waals surface area contributed by atoms with E-state index in [4.69, 9.17) is 10.00 Å². The molecule has 0 spiro atoms. The van der Waals surface area contributed by atoms with Gasteiger partial charge in [0.05, 0.1) is 32.8 Å². The Morgan fingerprint density at radius 3 is 2.75 bits per heavy atom. The second-order valence-corrected chi connectivity index (χ2v) is 7.26. The Bertz CT molecular complexity index is 1250. The van der Waals surface area contributed by atoms with Crippen molar-refractivity contribution in [3.05, 3.63) is 97.5 Å². The molecule has 0 fully saturated rings. The van der Waals surface area contributed by atoms with Gasteiger partial charge < -0.3 is 9.84 Å². The molecule has 0 aliphatic heterocycles. The van der Waals surface area contributed by atoms with E-state index < -0.39 is 16.6 Å². The minimum Gasteiger partial charge on any atom is -0.507 e. The highest BCUT2D eigenvalue weighted by Gasteiger charge is 2.16. The Labute approximate surface area is 190 Å². The average Bonchev–Trinajstić information content (AvgIpc) is 2.78. The number of nitro groups is 1. The number of hydrogen-bond donors (Lipinski definition) is 2. The van der Waals surface area contributed by atoms with Crippen LogP contribution in [0.1, 0.15) is 27.0 Å². The van der Waals surface area contributed by atoms with Crippen LogP contribution in [-0.4, -0.2) is 22.2 Å². The van der Waals surface area contributed by atoms with Crippen molar-refractivity contribution in [1.82, 2.24) is 5.43 Å². The van der Waals surface area contributed by atoms with Crippen molar-refractivity contribution >= 4 is 33.7 Å². The summed E-state index contributed by atoms with van der Waals surface area (Å²) in [6, 6.07) is 17.5. The topological polar surface area (TPSA) is 138 Å². The average molecular weight is 495 g/mol. The molecule has 3 aromatic rings. The quantitative estimate of drug-likeness (QED) is 0.285. The van der Waals surface area contributed by atoms with Gasteiger partial charge in [-0.2, -0.15) is 10.4 Å². The van der Waals surface area contributed by atoms with E-state index in [2.05, 4.69) is 32.5 Å². The van der Waals surface area contributed by atoms with Crippen LogP contribution in [0.3, 0.4) is 0 Å². The molecule has 2 N–H and O–H groups in total. The van der Waals surface area contributed by atoms with Gasteiger partial charge in [-0.3, -0.25) is 14.9 Å². The molecule has 0 aliphatic carbocycles. The van der Waals surface area contributed by atoms with Crippen molar-refractivity contribution in [1.29, 1.82) is 5.26 Å². The highest BCUT2D eigenvalue weighted by atomic mass is 79.9. The minimum absolute atomic E-state index is 0.221. The molecule has 1 amide bonds. The van der Waals surface area contributed by atoms with E-state index in [9.17, 15) is 20.0 Å². The highest BCUT2D eigenvalue weighted by Crippen LogP contribution is 2.27. The molecule has 0 saturated heterocycles. The molecule has 0 bridgehead atoms. The molecule has 9 nitrogen and oxygen atoms in total. The van der Waals surface area contributed by atoms with Gasteiger partial charge in [-0.1, -0.05) is 18.2 Å². The number of halogens is 1. The van der Waals surface area contributed by atoms with Gasteiger partial charge in [-0.05, 0) is 51.8 Å². The van der Waals surface area contributed by atoms with Crippen LogP contribution in [-0.2, 0) is 6.61 Å². The van der Waals surface area contributed by atoms with Crippen LogP contribution in [0.4, 0.5) is 5.69 Å². The summed E-state index contributed by atoms with van der Waals surface area (Å²) in [6.45, 7) is 0.221. The normalized spacial score (nSPS) is 10.5. The number of carbonyl (C=O) groups is 1. The van der Waals surface area contributed by atoms with Gasteiger partial charge in [0.2, 0.25) is 0 Å². The molecule has 0 atom stereocenters. The van der Waals surface area contributed by atoms with Gasteiger partial charge in [-0.25, -0.2) is 5.43 Å². The van der Waals surface area contributed by atoms with Gasteiger partial charge in [0.15, 0.2) is 0 Å². The molecule has 0 unspecified atom stereocenters. The summed E-state index contributed by atoms with van der Waals surface area (Å²) < 4.78 is 6.41. The molecule has 3 rings (SSSR count). The second-order valence-electron chi connectivity index (χ2n) is 6.41.